The Hall–Kier alpha value is -2.92. The molecule has 1 amide bonds. The highest BCUT2D eigenvalue weighted by Crippen LogP contribution is 2.22. The number of nitrogens with zero attached hydrogens (tertiary/aromatic N) is 5. The van der Waals surface area contributed by atoms with Crippen LogP contribution in [-0.4, -0.2) is 71.4 Å². The van der Waals surface area contributed by atoms with Crippen LogP contribution in [0.25, 0.3) is 11.3 Å². The van der Waals surface area contributed by atoms with E-state index in [-0.39, 0.29) is 24.3 Å². The number of hydrogen-bond acceptors (Lipinski definition) is 8. The van der Waals surface area contributed by atoms with Crippen molar-refractivity contribution in [3.8, 4) is 17.0 Å². The first-order valence-corrected chi connectivity index (χ1v) is 9.57. The number of rotatable bonds is 8. The number of carbonyl (C=O) groups is 1. The van der Waals surface area contributed by atoms with Gasteiger partial charge in [-0.05, 0) is 38.1 Å². The van der Waals surface area contributed by atoms with Gasteiger partial charge in [-0.3, -0.25) is 14.5 Å². The Morgan fingerprint density at radius 1 is 1.17 bits per heavy atom. The maximum absolute atomic E-state index is 12.3. The van der Waals surface area contributed by atoms with Crippen molar-refractivity contribution in [2.24, 2.45) is 0 Å². The molecule has 0 atom stereocenters. The van der Waals surface area contributed by atoms with Crippen molar-refractivity contribution in [3.05, 3.63) is 30.5 Å². The molecule has 1 saturated heterocycles. The second-order valence-electron chi connectivity index (χ2n) is 7.00. The third-order valence-electron chi connectivity index (χ3n) is 4.35. The fraction of sp³-hybridized carbons (Fsp3) is 0.474. The van der Waals surface area contributed by atoms with Gasteiger partial charge in [0.05, 0.1) is 24.5 Å². The maximum atomic E-state index is 12.3. The van der Waals surface area contributed by atoms with Crippen molar-refractivity contribution >= 4 is 11.9 Å². The van der Waals surface area contributed by atoms with Crippen molar-refractivity contribution in [2.45, 2.75) is 26.6 Å². The zero-order valence-corrected chi connectivity index (χ0v) is 16.8. The summed E-state index contributed by atoms with van der Waals surface area (Å²) in [6.45, 7) is 3.70. The summed E-state index contributed by atoms with van der Waals surface area (Å²) in [5.41, 5.74) is 3.73. The summed E-state index contributed by atoms with van der Waals surface area (Å²) in [4.78, 5) is 25.5. The molecule has 1 N–H and O–H groups in total. The number of ether oxygens (including phenoxy) is 1. The predicted octanol–water partition coefficient (Wildman–Crippen LogP) is 1.72. The van der Waals surface area contributed by atoms with Crippen molar-refractivity contribution in [2.75, 3.05) is 37.6 Å². The zero-order valence-electron chi connectivity index (χ0n) is 16.8. The Kier molecular flexibility index (Phi) is 7.41. The van der Waals surface area contributed by atoms with Gasteiger partial charge in [-0.15, -0.1) is 5.10 Å². The third-order valence-corrected chi connectivity index (χ3v) is 4.35. The summed E-state index contributed by atoms with van der Waals surface area (Å²) in [5, 5.41) is 8.12. The zero-order chi connectivity index (χ0) is 21.5. The molecule has 3 rings (SSSR count). The quantitative estimate of drug-likeness (QED) is 0.643. The van der Waals surface area contributed by atoms with Gasteiger partial charge in [0.15, 0.2) is 0 Å². The van der Waals surface area contributed by atoms with Gasteiger partial charge in [0.1, 0.15) is 5.75 Å². The summed E-state index contributed by atoms with van der Waals surface area (Å²) >= 11 is 0. The lowest BCUT2D eigenvalue weighted by Crippen LogP contribution is -2.50. The summed E-state index contributed by atoms with van der Waals surface area (Å²) in [5.74, 6) is 0.374. The van der Waals surface area contributed by atoms with Gasteiger partial charge in [-0.25, -0.2) is 10.5 Å². The Bertz CT molecular complexity index is 829. The Labute approximate surface area is 173 Å². The molecule has 0 aliphatic carbocycles. The van der Waals surface area contributed by atoms with E-state index < -0.39 is 6.61 Å². The lowest BCUT2D eigenvalue weighted by atomic mass is 10.1. The normalized spacial score (nSPS) is 14.9. The van der Waals surface area contributed by atoms with E-state index in [0.717, 1.165) is 0 Å². The Morgan fingerprint density at radius 2 is 1.87 bits per heavy atom. The molecule has 9 nitrogen and oxygen atoms in total. The summed E-state index contributed by atoms with van der Waals surface area (Å²) in [6, 6.07) is 6.19. The third kappa shape index (κ3) is 6.29. The molecule has 0 radical (unpaired) electrons. The number of anilines is 1. The average Bonchev–Trinajstić information content (AvgIpc) is 2.73. The topological polar surface area (TPSA) is 92.7 Å². The molecule has 30 heavy (non-hydrogen) atoms. The SMILES string of the molecule is CC(C)ONC(=O)CN1CCN(c2nncc(-c3ccc(OC(F)F)cc3)n2)CC1. The number of amides is 1. The molecule has 2 heterocycles. The van der Waals surface area contributed by atoms with Crippen LogP contribution < -0.4 is 15.1 Å². The molecule has 1 aliphatic heterocycles. The van der Waals surface area contributed by atoms with Crippen LogP contribution in [0.1, 0.15) is 13.8 Å². The second-order valence-corrected chi connectivity index (χ2v) is 7.00. The van der Waals surface area contributed by atoms with Crippen LogP contribution in [0.4, 0.5) is 14.7 Å². The lowest BCUT2D eigenvalue weighted by molar-refractivity contribution is -0.138. The highest BCUT2D eigenvalue weighted by Gasteiger charge is 2.21. The van der Waals surface area contributed by atoms with Crippen molar-refractivity contribution in [3.63, 3.8) is 0 Å². The van der Waals surface area contributed by atoms with E-state index in [4.69, 9.17) is 4.84 Å². The van der Waals surface area contributed by atoms with Gasteiger partial charge in [0.25, 0.3) is 5.91 Å². The van der Waals surface area contributed by atoms with E-state index in [1.807, 2.05) is 23.6 Å². The number of carbonyl (C=O) groups excluding carboxylic acids is 1. The maximum Gasteiger partial charge on any atom is 0.387 e. The number of halogens is 2. The molecule has 1 aromatic heterocycles. The molecule has 1 fully saturated rings. The first-order chi connectivity index (χ1) is 14.4. The van der Waals surface area contributed by atoms with Crippen LogP contribution in [0.5, 0.6) is 5.75 Å². The van der Waals surface area contributed by atoms with Gasteiger partial charge in [-0.2, -0.15) is 13.9 Å². The van der Waals surface area contributed by atoms with E-state index >= 15 is 0 Å². The fourth-order valence-electron chi connectivity index (χ4n) is 2.90. The standard InChI is InChI=1S/C19H24F2N6O3/c1-13(2)30-25-17(28)12-26-7-9-27(10-8-26)19-23-16(11-22-24-19)14-3-5-15(6-4-14)29-18(20)21/h3-6,11,13,18H,7-10,12H2,1-2H3,(H,25,28). The van der Waals surface area contributed by atoms with Crippen molar-refractivity contribution in [1.82, 2.24) is 25.6 Å². The first-order valence-electron chi connectivity index (χ1n) is 9.57. The fourth-order valence-corrected chi connectivity index (χ4v) is 2.90. The van der Waals surface area contributed by atoms with Crippen LogP contribution in [0.2, 0.25) is 0 Å². The minimum atomic E-state index is -2.87. The highest BCUT2D eigenvalue weighted by molar-refractivity contribution is 5.77. The Morgan fingerprint density at radius 3 is 2.50 bits per heavy atom. The summed E-state index contributed by atoms with van der Waals surface area (Å²) in [7, 11) is 0. The Balaban J connectivity index is 1.56. The molecule has 0 unspecified atom stereocenters. The second kappa shape index (κ2) is 10.2. The molecular formula is C19H24F2N6O3. The smallest absolute Gasteiger partial charge is 0.387 e. The number of aromatic nitrogens is 3. The molecule has 1 aliphatic rings. The van der Waals surface area contributed by atoms with E-state index in [0.29, 0.717) is 43.4 Å². The lowest BCUT2D eigenvalue weighted by Gasteiger charge is -2.34. The average molecular weight is 422 g/mol. The van der Waals surface area contributed by atoms with Gasteiger partial charge >= 0.3 is 6.61 Å². The number of benzene rings is 1. The molecule has 11 heteroatoms. The number of hydroxylamine groups is 1. The molecule has 1 aromatic carbocycles. The summed E-state index contributed by atoms with van der Waals surface area (Å²) in [6.07, 6.45) is 1.44. The summed E-state index contributed by atoms with van der Waals surface area (Å²) < 4.78 is 28.9. The van der Waals surface area contributed by atoms with Gasteiger partial charge in [0.2, 0.25) is 5.95 Å². The monoisotopic (exact) mass is 422 g/mol. The minimum absolute atomic E-state index is 0.0734. The van der Waals surface area contributed by atoms with Crippen LogP contribution in [-0.2, 0) is 9.63 Å². The highest BCUT2D eigenvalue weighted by atomic mass is 19.3. The van der Waals surface area contributed by atoms with E-state index in [9.17, 15) is 13.6 Å². The molecule has 0 bridgehead atoms. The van der Waals surface area contributed by atoms with Crippen LogP contribution in [0, 0.1) is 0 Å². The van der Waals surface area contributed by atoms with Gasteiger partial charge in [-0.1, -0.05) is 0 Å². The number of alkyl halides is 2. The van der Waals surface area contributed by atoms with Crippen LogP contribution in [0.3, 0.4) is 0 Å². The van der Waals surface area contributed by atoms with Gasteiger partial charge < -0.3 is 9.64 Å². The minimum Gasteiger partial charge on any atom is -0.435 e. The van der Waals surface area contributed by atoms with E-state index in [1.165, 1.54) is 18.3 Å². The molecule has 2 aromatic rings. The van der Waals surface area contributed by atoms with E-state index in [1.54, 1.807) is 12.1 Å². The van der Waals surface area contributed by atoms with Crippen LogP contribution >= 0.6 is 0 Å². The largest absolute Gasteiger partial charge is 0.435 e. The molecule has 0 spiro atoms. The first kappa shape index (κ1) is 21.8. The van der Waals surface area contributed by atoms with Gasteiger partial charge in [0, 0.05) is 31.7 Å². The molecular weight excluding hydrogens is 398 g/mol. The molecule has 162 valence electrons. The van der Waals surface area contributed by atoms with Crippen molar-refractivity contribution in [1.29, 1.82) is 0 Å². The van der Waals surface area contributed by atoms with Crippen LogP contribution in [0.15, 0.2) is 30.5 Å². The molecule has 0 saturated carbocycles. The van der Waals surface area contributed by atoms with E-state index in [2.05, 4.69) is 25.4 Å². The number of nitrogens with one attached hydrogen (secondary N) is 1. The number of piperazine rings is 1. The predicted molar refractivity (Wildman–Crippen MR) is 105 cm³/mol. The number of hydrogen-bond donors (Lipinski definition) is 1. The van der Waals surface area contributed by atoms with Crippen molar-refractivity contribution < 1.29 is 23.1 Å².